The molecule has 0 aliphatic carbocycles. The highest BCUT2D eigenvalue weighted by Gasteiger charge is 2.39. The maximum Gasteiger partial charge on any atom is 0.491 e. The summed E-state index contributed by atoms with van der Waals surface area (Å²) in [5, 5.41) is 30.8. The van der Waals surface area contributed by atoms with Crippen LogP contribution in [-0.2, 0) is 17.8 Å². The first-order chi connectivity index (χ1) is 14.6. The number of aliphatic hydroxyl groups is 2. The van der Waals surface area contributed by atoms with Gasteiger partial charge in [0, 0.05) is 44.0 Å². The van der Waals surface area contributed by atoms with E-state index in [1.165, 1.54) is 5.56 Å². The van der Waals surface area contributed by atoms with Gasteiger partial charge in [0.1, 0.15) is 0 Å². The fourth-order valence-electron chi connectivity index (χ4n) is 3.67. The van der Waals surface area contributed by atoms with Crippen molar-refractivity contribution in [3.63, 3.8) is 0 Å². The lowest BCUT2D eigenvalue weighted by molar-refractivity contribution is -0.0982. The molecule has 31 heavy (non-hydrogen) atoms. The summed E-state index contributed by atoms with van der Waals surface area (Å²) >= 11 is 0. The number of nitrogens with zero attached hydrogens (tertiary/aromatic N) is 2. The summed E-state index contributed by atoms with van der Waals surface area (Å²) in [5.74, 6) is 0. The molecule has 2 aromatic carbocycles. The summed E-state index contributed by atoms with van der Waals surface area (Å²) in [7, 11) is -1.19. The number of hydrogen-bond acceptors (Lipinski definition) is 6. The van der Waals surface area contributed by atoms with Crippen molar-refractivity contribution in [2.75, 3.05) is 31.1 Å². The maximum absolute atomic E-state index is 10.6. The van der Waals surface area contributed by atoms with E-state index in [0.717, 1.165) is 44.0 Å². The van der Waals surface area contributed by atoms with Gasteiger partial charge in [0.15, 0.2) is 0 Å². The summed E-state index contributed by atoms with van der Waals surface area (Å²) in [4.78, 5) is 4.72. The van der Waals surface area contributed by atoms with Gasteiger partial charge >= 0.3 is 7.12 Å². The van der Waals surface area contributed by atoms with Crippen LogP contribution in [-0.4, -0.2) is 64.6 Å². The van der Waals surface area contributed by atoms with Gasteiger partial charge in [-0.05, 0) is 44.8 Å². The lowest BCUT2D eigenvalue weighted by Crippen LogP contribution is -2.53. The third-order valence-corrected chi connectivity index (χ3v) is 6.40. The number of benzene rings is 2. The van der Waals surface area contributed by atoms with Crippen molar-refractivity contribution in [2.24, 2.45) is 0 Å². The first-order valence-corrected chi connectivity index (χ1v) is 10.9. The predicted octanol–water partition coefficient (Wildman–Crippen LogP) is 1.75. The molecule has 3 rings (SSSR count). The van der Waals surface area contributed by atoms with Crippen LogP contribution in [0, 0.1) is 0 Å². The molecule has 0 atom stereocenters. The zero-order valence-electron chi connectivity index (χ0n) is 19.1. The second-order valence-corrected chi connectivity index (χ2v) is 9.33. The minimum absolute atomic E-state index is 0.116. The van der Waals surface area contributed by atoms with E-state index < -0.39 is 18.3 Å². The summed E-state index contributed by atoms with van der Waals surface area (Å²) in [6.07, 6.45) is 0. The fourth-order valence-corrected chi connectivity index (χ4v) is 3.67. The molecule has 1 aliphatic rings. The number of aliphatic hydroxyl groups excluding tert-OH is 1. The van der Waals surface area contributed by atoms with E-state index in [4.69, 9.17) is 4.65 Å². The molecule has 3 N–H and O–H groups in total. The molecule has 168 valence electrons. The van der Waals surface area contributed by atoms with Crippen molar-refractivity contribution in [3.8, 4) is 0 Å². The zero-order valence-corrected chi connectivity index (χ0v) is 19.1. The molecule has 1 fully saturated rings. The molecule has 0 amide bonds. The standard InChI is InChI=1S/C24H35BN2O4/c1-23(2,29)24(3,4)31-25(30)21-10-11-22(20(16-21)18-28)27-14-12-26(13-15-27)17-19-8-6-5-7-9-19/h5-11,16,28-30H,12-15,17-18H2,1-4H3. The van der Waals surface area contributed by atoms with Crippen molar-refractivity contribution in [1.82, 2.24) is 4.90 Å². The van der Waals surface area contributed by atoms with Crippen LogP contribution in [0.1, 0.15) is 38.8 Å². The van der Waals surface area contributed by atoms with E-state index in [2.05, 4.69) is 34.1 Å². The Balaban J connectivity index is 1.65. The van der Waals surface area contributed by atoms with Crippen LogP contribution < -0.4 is 10.4 Å². The molecule has 0 radical (unpaired) electrons. The van der Waals surface area contributed by atoms with Crippen molar-refractivity contribution >= 4 is 18.3 Å². The van der Waals surface area contributed by atoms with Crippen molar-refractivity contribution in [2.45, 2.75) is 52.0 Å². The molecule has 0 aromatic heterocycles. The Labute approximate surface area is 186 Å². The molecule has 1 saturated heterocycles. The van der Waals surface area contributed by atoms with E-state index in [9.17, 15) is 15.2 Å². The van der Waals surface area contributed by atoms with E-state index in [0.29, 0.717) is 5.46 Å². The average Bonchev–Trinajstić information content (AvgIpc) is 2.73. The molecule has 1 heterocycles. The molecule has 1 aliphatic heterocycles. The highest BCUT2D eigenvalue weighted by Crippen LogP contribution is 2.26. The molecule has 2 aromatic rings. The summed E-state index contributed by atoms with van der Waals surface area (Å²) < 4.78 is 5.75. The molecule has 7 heteroatoms. The second kappa shape index (κ2) is 9.71. The largest absolute Gasteiger partial charge is 0.491 e. The Morgan fingerprint density at radius 3 is 2.19 bits per heavy atom. The van der Waals surface area contributed by atoms with Crippen LogP contribution in [0.25, 0.3) is 0 Å². The lowest BCUT2D eigenvalue weighted by atomic mass is 9.76. The van der Waals surface area contributed by atoms with Crippen LogP contribution in [0.3, 0.4) is 0 Å². The summed E-state index contributed by atoms with van der Waals surface area (Å²) in [6.45, 7) is 11.3. The van der Waals surface area contributed by atoms with E-state index >= 15 is 0 Å². The topological polar surface area (TPSA) is 76.4 Å². The van der Waals surface area contributed by atoms with Gasteiger partial charge < -0.3 is 24.8 Å². The highest BCUT2D eigenvalue weighted by molar-refractivity contribution is 6.60. The van der Waals surface area contributed by atoms with Crippen LogP contribution >= 0.6 is 0 Å². The molecular formula is C24H35BN2O4. The number of anilines is 1. The van der Waals surface area contributed by atoms with Gasteiger partial charge in [0.05, 0.1) is 17.8 Å². The van der Waals surface area contributed by atoms with Gasteiger partial charge in [0.2, 0.25) is 0 Å². The Kier molecular flexibility index (Phi) is 7.45. The van der Waals surface area contributed by atoms with Gasteiger partial charge in [-0.2, -0.15) is 0 Å². The highest BCUT2D eigenvalue weighted by atomic mass is 16.5. The Morgan fingerprint density at radius 2 is 1.61 bits per heavy atom. The van der Waals surface area contributed by atoms with Crippen molar-refractivity contribution < 1.29 is 19.9 Å². The first-order valence-electron chi connectivity index (χ1n) is 10.9. The molecule has 0 bridgehead atoms. The summed E-state index contributed by atoms with van der Waals surface area (Å²) in [5.41, 5.74) is 1.57. The molecule has 0 saturated carbocycles. The third-order valence-electron chi connectivity index (χ3n) is 6.40. The van der Waals surface area contributed by atoms with Gasteiger partial charge in [-0.25, -0.2) is 0 Å². The van der Waals surface area contributed by atoms with Crippen molar-refractivity contribution in [3.05, 3.63) is 59.7 Å². The predicted molar refractivity (Wildman–Crippen MR) is 125 cm³/mol. The number of hydrogen-bond donors (Lipinski definition) is 3. The Hall–Kier alpha value is -1.90. The fraction of sp³-hybridized carbons (Fsp3) is 0.500. The third kappa shape index (κ3) is 5.87. The Morgan fingerprint density at radius 1 is 0.968 bits per heavy atom. The van der Waals surface area contributed by atoms with Gasteiger partial charge in [-0.1, -0.05) is 42.5 Å². The smallest absolute Gasteiger partial charge is 0.423 e. The lowest BCUT2D eigenvalue weighted by Gasteiger charge is -2.38. The maximum atomic E-state index is 10.6. The van der Waals surface area contributed by atoms with E-state index in [-0.39, 0.29) is 6.61 Å². The summed E-state index contributed by atoms with van der Waals surface area (Å²) in [6, 6.07) is 16.0. The second-order valence-electron chi connectivity index (χ2n) is 9.33. The van der Waals surface area contributed by atoms with Crippen LogP contribution in [0.2, 0.25) is 0 Å². The Bertz CT molecular complexity index is 846. The van der Waals surface area contributed by atoms with Crippen LogP contribution in [0.15, 0.2) is 48.5 Å². The number of rotatable bonds is 8. The average molecular weight is 426 g/mol. The van der Waals surface area contributed by atoms with Gasteiger partial charge in [-0.15, -0.1) is 0 Å². The van der Waals surface area contributed by atoms with E-state index in [1.807, 2.05) is 18.2 Å². The molecule has 6 nitrogen and oxygen atoms in total. The number of piperazine rings is 1. The minimum Gasteiger partial charge on any atom is -0.423 e. The minimum atomic E-state index is -1.19. The van der Waals surface area contributed by atoms with E-state index in [1.54, 1.807) is 33.8 Å². The molecule has 0 spiro atoms. The normalized spacial score (nSPS) is 15.9. The zero-order chi connectivity index (χ0) is 22.6. The van der Waals surface area contributed by atoms with Gasteiger partial charge in [0.25, 0.3) is 0 Å². The quantitative estimate of drug-likeness (QED) is 0.559. The monoisotopic (exact) mass is 426 g/mol. The first kappa shape index (κ1) is 23.8. The molecule has 0 unspecified atom stereocenters. The molecular weight excluding hydrogens is 391 g/mol. The van der Waals surface area contributed by atoms with Crippen LogP contribution in [0.5, 0.6) is 0 Å². The van der Waals surface area contributed by atoms with Gasteiger partial charge in [-0.3, -0.25) is 4.90 Å². The van der Waals surface area contributed by atoms with Crippen LogP contribution in [0.4, 0.5) is 5.69 Å². The van der Waals surface area contributed by atoms with Crippen molar-refractivity contribution in [1.29, 1.82) is 0 Å². The SMILES string of the molecule is CC(C)(O)C(C)(C)OB(O)c1ccc(N2CCN(Cc3ccccc3)CC2)c(CO)c1.